The molecule has 0 saturated heterocycles. The Labute approximate surface area is 115 Å². The first-order chi connectivity index (χ1) is 8.11. The minimum absolute atomic E-state index is 0.362. The molecule has 1 aromatic heterocycles. The summed E-state index contributed by atoms with van der Waals surface area (Å²) in [5.41, 5.74) is -1.48. The highest BCUT2D eigenvalue weighted by Crippen LogP contribution is 2.31. The molecule has 6 nitrogen and oxygen atoms in total. The van der Waals surface area contributed by atoms with Gasteiger partial charge in [0.2, 0.25) is 5.88 Å². The zero-order valence-corrected chi connectivity index (χ0v) is 10.9. The molecule has 0 atom stereocenters. The highest BCUT2D eigenvalue weighted by atomic mass is 127. The van der Waals surface area contributed by atoms with Gasteiger partial charge in [0.1, 0.15) is 5.56 Å². The smallest absolute Gasteiger partial charge is 0.387 e. The van der Waals surface area contributed by atoms with Crippen LogP contribution in [0, 0.1) is 13.8 Å². The normalized spacial score (nSPS) is 11.2. The van der Waals surface area contributed by atoms with Gasteiger partial charge in [-0.3, -0.25) is 14.9 Å². The fraction of sp³-hybridized carbons (Fsp3) is 0.143. The van der Waals surface area contributed by atoms with Crippen molar-refractivity contribution in [3.8, 4) is 5.88 Å². The van der Waals surface area contributed by atoms with E-state index in [-0.39, 0.29) is 3.70 Å². The standard InChI is InChI=1S/C7HClF3IN2O4/c8-4(15)2-1-3(14(16)17)5(12)13-6(2)18-7(9,10)11/h1H. The second-order valence-electron chi connectivity index (χ2n) is 2.73. The maximum atomic E-state index is 12.0. The molecule has 18 heavy (non-hydrogen) atoms. The van der Waals surface area contributed by atoms with Gasteiger partial charge in [-0.05, 0) is 34.2 Å². The quantitative estimate of drug-likeness (QED) is 0.258. The fourth-order valence-electron chi connectivity index (χ4n) is 0.921. The third-order valence-electron chi connectivity index (χ3n) is 1.54. The van der Waals surface area contributed by atoms with E-state index in [1.165, 1.54) is 22.6 Å². The van der Waals surface area contributed by atoms with Crippen LogP contribution < -0.4 is 4.74 Å². The summed E-state index contributed by atoms with van der Waals surface area (Å²) in [4.78, 5) is 23.7. The Morgan fingerprint density at radius 3 is 2.50 bits per heavy atom. The van der Waals surface area contributed by atoms with E-state index in [1.807, 2.05) is 0 Å². The van der Waals surface area contributed by atoms with Crippen LogP contribution in [0.3, 0.4) is 0 Å². The zero-order valence-electron chi connectivity index (χ0n) is 7.99. The van der Waals surface area contributed by atoms with Crippen molar-refractivity contribution in [1.29, 1.82) is 0 Å². The number of pyridine rings is 1. The van der Waals surface area contributed by atoms with Crippen molar-refractivity contribution in [1.82, 2.24) is 4.98 Å². The molecule has 0 unspecified atom stereocenters. The van der Waals surface area contributed by atoms with Crippen molar-refractivity contribution in [2.45, 2.75) is 6.36 Å². The van der Waals surface area contributed by atoms with E-state index >= 15 is 0 Å². The molecule has 0 saturated carbocycles. The van der Waals surface area contributed by atoms with Crippen LogP contribution >= 0.6 is 34.2 Å². The first kappa shape index (κ1) is 14.9. The summed E-state index contributed by atoms with van der Waals surface area (Å²) in [7, 11) is 0. The van der Waals surface area contributed by atoms with Crippen LogP contribution in [0.4, 0.5) is 18.9 Å². The minimum Gasteiger partial charge on any atom is -0.387 e. The summed E-state index contributed by atoms with van der Waals surface area (Å²) < 4.78 is 39.2. The molecule has 0 fully saturated rings. The summed E-state index contributed by atoms with van der Waals surface area (Å²) in [6, 6.07) is 0.575. The fourth-order valence-corrected chi connectivity index (χ4v) is 1.63. The Morgan fingerprint density at radius 1 is 1.56 bits per heavy atom. The van der Waals surface area contributed by atoms with Crippen molar-refractivity contribution in [3.63, 3.8) is 0 Å². The van der Waals surface area contributed by atoms with E-state index in [4.69, 9.17) is 11.6 Å². The summed E-state index contributed by atoms with van der Waals surface area (Å²) in [6.45, 7) is 0. The molecule has 0 aliphatic heterocycles. The van der Waals surface area contributed by atoms with Crippen molar-refractivity contribution in [2.75, 3.05) is 0 Å². The molecule has 0 bridgehead atoms. The second-order valence-corrected chi connectivity index (χ2v) is 4.09. The second kappa shape index (κ2) is 5.22. The molecule has 0 aromatic carbocycles. The van der Waals surface area contributed by atoms with Crippen molar-refractivity contribution < 1.29 is 27.6 Å². The zero-order chi connectivity index (χ0) is 14.1. The Balaban J connectivity index is 3.38. The number of halogens is 5. The SMILES string of the molecule is O=C(Cl)c1cc([N+](=O)[O-])c(I)nc1OC(F)(F)F. The predicted molar refractivity (Wildman–Crippen MR) is 60.5 cm³/mol. The van der Waals surface area contributed by atoms with Crippen LogP contribution in [0.15, 0.2) is 6.07 Å². The van der Waals surface area contributed by atoms with Gasteiger partial charge in [-0.15, -0.1) is 13.2 Å². The van der Waals surface area contributed by atoms with Crippen LogP contribution in [-0.2, 0) is 0 Å². The third-order valence-corrected chi connectivity index (χ3v) is 2.54. The number of carbonyl (C=O) groups excluding carboxylic acids is 1. The van der Waals surface area contributed by atoms with Gasteiger partial charge in [0, 0.05) is 6.07 Å². The van der Waals surface area contributed by atoms with Gasteiger partial charge in [-0.1, -0.05) is 0 Å². The summed E-state index contributed by atoms with van der Waals surface area (Å²) in [6.07, 6.45) is -5.09. The number of nitro groups is 1. The maximum Gasteiger partial charge on any atom is 0.574 e. The van der Waals surface area contributed by atoms with Crippen molar-refractivity contribution in [2.24, 2.45) is 0 Å². The first-order valence-electron chi connectivity index (χ1n) is 3.92. The van der Waals surface area contributed by atoms with Crippen LogP contribution in [0.25, 0.3) is 0 Å². The number of nitrogens with zero attached hydrogens (tertiary/aromatic N) is 2. The number of ether oxygens (including phenoxy) is 1. The molecule has 0 amide bonds. The lowest BCUT2D eigenvalue weighted by Crippen LogP contribution is -2.20. The molecular weight excluding hydrogens is 395 g/mol. The van der Waals surface area contributed by atoms with E-state index in [1.54, 1.807) is 0 Å². The Hall–Kier alpha value is -1.17. The Kier molecular flexibility index (Phi) is 4.32. The highest BCUT2D eigenvalue weighted by Gasteiger charge is 2.35. The molecule has 11 heteroatoms. The van der Waals surface area contributed by atoms with Gasteiger partial charge in [0.05, 0.1) is 4.92 Å². The predicted octanol–water partition coefficient (Wildman–Crippen LogP) is 2.87. The number of carbonyl (C=O) groups is 1. The number of alkyl halides is 3. The van der Waals surface area contributed by atoms with Gasteiger partial charge in [0.15, 0.2) is 3.70 Å². The van der Waals surface area contributed by atoms with Gasteiger partial charge in [0.25, 0.3) is 5.24 Å². The lowest BCUT2D eigenvalue weighted by molar-refractivity contribution is -0.386. The van der Waals surface area contributed by atoms with Gasteiger partial charge >= 0.3 is 12.0 Å². The molecule has 0 aliphatic rings. The summed E-state index contributed by atoms with van der Waals surface area (Å²) in [5, 5.41) is 9.19. The monoisotopic (exact) mass is 396 g/mol. The van der Waals surface area contributed by atoms with Gasteiger partial charge in [-0.2, -0.15) is 4.98 Å². The maximum absolute atomic E-state index is 12.0. The average molecular weight is 396 g/mol. The molecule has 0 radical (unpaired) electrons. The number of hydrogen-bond acceptors (Lipinski definition) is 5. The lowest BCUT2D eigenvalue weighted by Gasteiger charge is -2.10. The minimum atomic E-state index is -5.09. The van der Waals surface area contributed by atoms with Gasteiger partial charge < -0.3 is 4.74 Å². The third kappa shape index (κ3) is 3.66. The molecule has 1 heterocycles. The van der Waals surface area contributed by atoms with E-state index in [9.17, 15) is 28.1 Å². The van der Waals surface area contributed by atoms with Crippen LogP contribution in [0.2, 0.25) is 0 Å². The van der Waals surface area contributed by atoms with Crippen LogP contribution in [-0.4, -0.2) is 21.5 Å². The van der Waals surface area contributed by atoms with E-state index in [0.29, 0.717) is 6.07 Å². The summed E-state index contributed by atoms with van der Waals surface area (Å²) >= 11 is 6.35. The molecule has 0 N–H and O–H groups in total. The van der Waals surface area contributed by atoms with E-state index < -0.39 is 33.7 Å². The largest absolute Gasteiger partial charge is 0.574 e. The number of aromatic nitrogens is 1. The number of rotatable bonds is 3. The van der Waals surface area contributed by atoms with Gasteiger partial charge in [-0.25, -0.2) is 0 Å². The molecular formula is C7HClF3IN2O4. The highest BCUT2D eigenvalue weighted by molar-refractivity contribution is 14.1. The lowest BCUT2D eigenvalue weighted by atomic mass is 10.3. The molecule has 98 valence electrons. The summed E-state index contributed by atoms with van der Waals surface area (Å²) in [5.74, 6) is -1.13. The number of hydrogen-bond donors (Lipinski definition) is 0. The van der Waals surface area contributed by atoms with Crippen molar-refractivity contribution >= 4 is 45.1 Å². The molecule has 1 rings (SSSR count). The van der Waals surface area contributed by atoms with Crippen LogP contribution in [0.5, 0.6) is 5.88 Å². The first-order valence-corrected chi connectivity index (χ1v) is 5.38. The molecule has 0 aliphatic carbocycles. The molecule has 1 aromatic rings. The molecule has 0 spiro atoms. The Bertz CT molecular complexity index is 522. The van der Waals surface area contributed by atoms with Crippen LogP contribution in [0.1, 0.15) is 10.4 Å². The average Bonchev–Trinajstić information content (AvgIpc) is 2.13. The van der Waals surface area contributed by atoms with Crippen molar-refractivity contribution in [3.05, 3.63) is 25.4 Å². The van der Waals surface area contributed by atoms with E-state index in [0.717, 1.165) is 0 Å². The Morgan fingerprint density at radius 2 is 2.11 bits per heavy atom. The topological polar surface area (TPSA) is 82.3 Å². The van der Waals surface area contributed by atoms with E-state index in [2.05, 4.69) is 9.72 Å².